The highest BCUT2D eigenvalue weighted by Gasteiger charge is 2.17. The molecular formula is C7H4F2N2O2S. The first-order valence-corrected chi connectivity index (χ1v) is 4.83. The van der Waals surface area contributed by atoms with Gasteiger partial charge in [0.15, 0.2) is 11.6 Å². The summed E-state index contributed by atoms with van der Waals surface area (Å²) >= 11 is 0. The van der Waals surface area contributed by atoms with Gasteiger partial charge in [0, 0.05) is 0 Å². The van der Waals surface area contributed by atoms with E-state index < -0.39 is 32.1 Å². The highest BCUT2D eigenvalue weighted by molar-refractivity contribution is 7.89. The van der Waals surface area contributed by atoms with Gasteiger partial charge in [-0.15, -0.1) is 0 Å². The number of rotatable bonds is 1. The SMILES string of the molecule is N#Cc1cc(F)c(F)cc1S(N)(=O)=O. The normalized spacial score (nSPS) is 11.0. The van der Waals surface area contributed by atoms with E-state index in [1.165, 1.54) is 6.07 Å². The van der Waals surface area contributed by atoms with Crippen molar-refractivity contribution in [1.29, 1.82) is 5.26 Å². The summed E-state index contributed by atoms with van der Waals surface area (Å²) in [7, 11) is -4.21. The van der Waals surface area contributed by atoms with Crippen LogP contribution in [0.2, 0.25) is 0 Å². The minimum Gasteiger partial charge on any atom is -0.225 e. The third kappa shape index (κ3) is 1.86. The molecule has 0 fully saturated rings. The molecule has 0 unspecified atom stereocenters. The average molecular weight is 218 g/mol. The van der Waals surface area contributed by atoms with Gasteiger partial charge in [0.25, 0.3) is 0 Å². The predicted molar refractivity (Wildman–Crippen MR) is 42.4 cm³/mol. The fourth-order valence-corrected chi connectivity index (χ4v) is 1.53. The molecule has 1 rings (SSSR count). The highest BCUT2D eigenvalue weighted by atomic mass is 32.2. The maximum atomic E-state index is 12.6. The Morgan fingerprint density at radius 3 is 2.21 bits per heavy atom. The summed E-state index contributed by atoms with van der Waals surface area (Å²) in [6, 6.07) is 2.26. The number of nitrogens with two attached hydrogens (primary N) is 1. The van der Waals surface area contributed by atoms with Crippen molar-refractivity contribution >= 4 is 10.0 Å². The molecule has 0 bridgehead atoms. The number of hydrogen-bond acceptors (Lipinski definition) is 3. The molecule has 0 heterocycles. The van der Waals surface area contributed by atoms with Crippen molar-refractivity contribution in [3.8, 4) is 6.07 Å². The second-order valence-electron chi connectivity index (χ2n) is 2.42. The van der Waals surface area contributed by atoms with Crippen LogP contribution < -0.4 is 5.14 Å². The van der Waals surface area contributed by atoms with Crippen LogP contribution in [-0.2, 0) is 10.0 Å². The Morgan fingerprint density at radius 1 is 1.29 bits per heavy atom. The Balaban J connectivity index is 3.61. The molecule has 4 nitrogen and oxygen atoms in total. The van der Waals surface area contributed by atoms with Crippen LogP contribution in [0.25, 0.3) is 0 Å². The summed E-state index contributed by atoms with van der Waals surface area (Å²) in [6.45, 7) is 0. The Kier molecular flexibility index (Phi) is 2.51. The van der Waals surface area contributed by atoms with E-state index >= 15 is 0 Å². The van der Waals surface area contributed by atoms with Crippen molar-refractivity contribution in [3.05, 3.63) is 29.3 Å². The van der Waals surface area contributed by atoms with E-state index in [0.29, 0.717) is 12.1 Å². The predicted octanol–water partition coefficient (Wildman–Crippen LogP) is 0.484. The third-order valence-electron chi connectivity index (χ3n) is 1.45. The Bertz CT molecular complexity index is 519. The van der Waals surface area contributed by atoms with Crippen LogP contribution in [0, 0.1) is 23.0 Å². The lowest BCUT2D eigenvalue weighted by Crippen LogP contribution is -2.14. The summed E-state index contributed by atoms with van der Waals surface area (Å²) in [4.78, 5) is -0.723. The van der Waals surface area contributed by atoms with Crippen LogP contribution in [0.15, 0.2) is 17.0 Å². The van der Waals surface area contributed by atoms with Crippen LogP contribution in [-0.4, -0.2) is 8.42 Å². The van der Waals surface area contributed by atoms with E-state index in [2.05, 4.69) is 5.14 Å². The summed E-state index contributed by atoms with van der Waals surface area (Å²) in [5, 5.41) is 13.1. The number of nitrogens with zero attached hydrogens (tertiary/aromatic N) is 1. The molecule has 1 aromatic rings. The zero-order valence-electron chi connectivity index (χ0n) is 6.66. The van der Waals surface area contributed by atoms with Crippen LogP contribution in [0.4, 0.5) is 8.78 Å². The summed E-state index contributed by atoms with van der Waals surface area (Å²) in [5.74, 6) is -2.66. The number of nitriles is 1. The zero-order valence-corrected chi connectivity index (χ0v) is 7.48. The van der Waals surface area contributed by atoms with Gasteiger partial charge in [0.05, 0.1) is 5.56 Å². The van der Waals surface area contributed by atoms with Gasteiger partial charge in [-0.25, -0.2) is 22.3 Å². The van der Waals surface area contributed by atoms with E-state index in [-0.39, 0.29) is 0 Å². The molecule has 0 aromatic heterocycles. The molecule has 2 N–H and O–H groups in total. The molecule has 0 amide bonds. The maximum Gasteiger partial charge on any atom is 0.239 e. The number of primary sulfonamides is 1. The van der Waals surface area contributed by atoms with E-state index in [9.17, 15) is 17.2 Å². The molecule has 0 atom stereocenters. The fourth-order valence-electron chi connectivity index (χ4n) is 0.851. The Hall–Kier alpha value is -1.52. The molecule has 0 spiro atoms. The van der Waals surface area contributed by atoms with Gasteiger partial charge in [0.2, 0.25) is 10.0 Å². The Labute approximate surface area is 78.6 Å². The van der Waals surface area contributed by atoms with Crippen LogP contribution >= 0.6 is 0 Å². The largest absolute Gasteiger partial charge is 0.239 e. The monoisotopic (exact) mass is 218 g/mol. The van der Waals surface area contributed by atoms with Crippen LogP contribution in [0.5, 0.6) is 0 Å². The van der Waals surface area contributed by atoms with E-state index in [1.54, 1.807) is 0 Å². The van der Waals surface area contributed by atoms with Crippen LogP contribution in [0.1, 0.15) is 5.56 Å². The summed E-state index contributed by atoms with van der Waals surface area (Å²) in [6.07, 6.45) is 0. The summed E-state index contributed by atoms with van der Waals surface area (Å²) < 4.78 is 46.8. The van der Waals surface area contributed by atoms with Gasteiger partial charge < -0.3 is 0 Å². The number of sulfonamides is 1. The maximum absolute atomic E-state index is 12.6. The summed E-state index contributed by atoms with van der Waals surface area (Å²) in [5.41, 5.74) is -0.522. The number of hydrogen-bond donors (Lipinski definition) is 1. The van der Waals surface area contributed by atoms with Gasteiger partial charge in [-0.2, -0.15) is 5.26 Å². The molecule has 1 aromatic carbocycles. The first kappa shape index (κ1) is 10.6. The highest BCUT2D eigenvalue weighted by Crippen LogP contribution is 2.17. The van der Waals surface area contributed by atoms with Crippen molar-refractivity contribution in [2.75, 3.05) is 0 Å². The lowest BCUT2D eigenvalue weighted by molar-refractivity contribution is 0.504. The Morgan fingerprint density at radius 2 is 1.79 bits per heavy atom. The van der Waals surface area contributed by atoms with Gasteiger partial charge in [-0.05, 0) is 12.1 Å². The second-order valence-corrected chi connectivity index (χ2v) is 3.95. The van der Waals surface area contributed by atoms with E-state index in [0.717, 1.165) is 0 Å². The first-order chi connectivity index (χ1) is 6.36. The molecule has 0 aliphatic carbocycles. The van der Waals surface area contributed by atoms with E-state index in [4.69, 9.17) is 5.26 Å². The van der Waals surface area contributed by atoms with Gasteiger partial charge in [-0.3, -0.25) is 0 Å². The molecular weight excluding hydrogens is 214 g/mol. The quantitative estimate of drug-likeness (QED) is 0.744. The smallest absolute Gasteiger partial charge is 0.225 e. The third-order valence-corrected chi connectivity index (χ3v) is 2.40. The van der Waals surface area contributed by atoms with Crippen molar-refractivity contribution < 1.29 is 17.2 Å². The minimum absolute atomic E-state index is 0.378. The number of benzene rings is 1. The lowest BCUT2D eigenvalue weighted by Gasteiger charge is -2.01. The van der Waals surface area contributed by atoms with E-state index in [1.807, 2.05) is 0 Å². The molecule has 0 aliphatic rings. The van der Waals surface area contributed by atoms with Gasteiger partial charge >= 0.3 is 0 Å². The lowest BCUT2D eigenvalue weighted by atomic mass is 10.2. The average Bonchev–Trinajstić information content (AvgIpc) is 2.07. The van der Waals surface area contributed by atoms with Crippen LogP contribution in [0.3, 0.4) is 0 Å². The molecule has 74 valence electrons. The zero-order chi connectivity index (χ0) is 10.9. The molecule has 7 heteroatoms. The number of halogens is 2. The van der Waals surface area contributed by atoms with Gasteiger partial charge in [-0.1, -0.05) is 0 Å². The molecule has 14 heavy (non-hydrogen) atoms. The van der Waals surface area contributed by atoms with Crippen molar-refractivity contribution in [1.82, 2.24) is 0 Å². The van der Waals surface area contributed by atoms with Crippen molar-refractivity contribution in [3.63, 3.8) is 0 Å². The van der Waals surface area contributed by atoms with Gasteiger partial charge in [0.1, 0.15) is 11.0 Å². The molecule has 0 saturated heterocycles. The molecule has 0 radical (unpaired) electrons. The van der Waals surface area contributed by atoms with Crippen molar-refractivity contribution in [2.45, 2.75) is 4.90 Å². The molecule has 0 saturated carbocycles. The first-order valence-electron chi connectivity index (χ1n) is 3.28. The standard InChI is InChI=1S/C7H4F2N2O2S/c8-5-1-4(3-10)7(2-6(5)9)14(11,12)13/h1-2H,(H2,11,12,13). The fraction of sp³-hybridized carbons (Fsp3) is 0. The minimum atomic E-state index is -4.21. The van der Waals surface area contributed by atoms with Crippen molar-refractivity contribution in [2.24, 2.45) is 5.14 Å². The second kappa shape index (κ2) is 3.32. The topological polar surface area (TPSA) is 83.9 Å². The molecule has 0 aliphatic heterocycles.